The van der Waals surface area contributed by atoms with Gasteiger partial charge in [-0.1, -0.05) is 29.8 Å². The van der Waals surface area contributed by atoms with Crippen molar-refractivity contribution >= 4 is 34.6 Å². The van der Waals surface area contributed by atoms with Gasteiger partial charge in [-0.25, -0.2) is 0 Å². The van der Waals surface area contributed by atoms with E-state index in [0.29, 0.717) is 5.11 Å². The lowest BCUT2D eigenvalue weighted by Crippen LogP contribution is -2.29. The molecule has 2 aromatic carbocycles. The summed E-state index contributed by atoms with van der Waals surface area (Å²) >= 11 is 12.4. The predicted molar refractivity (Wildman–Crippen MR) is 149 cm³/mol. The molecule has 2 atom stereocenters. The number of nitrogens with zero attached hydrogens (tertiary/aromatic N) is 3. The van der Waals surface area contributed by atoms with E-state index in [9.17, 15) is 0 Å². The molecule has 0 saturated carbocycles. The van der Waals surface area contributed by atoms with Gasteiger partial charge in [-0.05, 0) is 112 Å². The number of benzene rings is 2. The van der Waals surface area contributed by atoms with Crippen molar-refractivity contribution in [1.82, 2.24) is 14.9 Å². The molecule has 0 aliphatic carbocycles. The van der Waals surface area contributed by atoms with Gasteiger partial charge in [0, 0.05) is 34.0 Å². The van der Waals surface area contributed by atoms with Gasteiger partial charge in [-0.15, -0.1) is 0 Å². The number of anilines is 1. The van der Waals surface area contributed by atoms with E-state index in [2.05, 4.69) is 85.8 Å². The van der Waals surface area contributed by atoms with Crippen LogP contribution in [-0.2, 0) is 0 Å². The maximum atomic E-state index is 6.50. The SMILES string of the molecule is Cc1ccc(N2C(=S)N[C@@H](c3ccccn3)[C@H]2c2cc(C)n(-c3cccc(Cl)c3C)c2C)cc1C. The van der Waals surface area contributed by atoms with E-state index in [1.807, 2.05) is 30.5 Å². The topological polar surface area (TPSA) is 33.1 Å². The van der Waals surface area contributed by atoms with Gasteiger partial charge in [0.15, 0.2) is 5.11 Å². The molecule has 6 heteroatoms. The summed E-state index contributed by atoms with van der Waals surface area (Å²) in [7, 11) is 0. The van der Waals surface area contributed by atoms with Crippen molar-refractivity contribution in [1.29, 1.82) is 0 Å². The average Bonchev–Trinajstić information content (AvgIpc) is 3.33. The highest BCUT2D eigenvalue weighted by Gasteiger charge is 2.42. The number of aryl methyl sites for hydroxylation is 3. The summed E-state index contributed by atoms with van der Waals surface area (Å²) in [5, 5.41) is 5.06. The highest BCUT2D eigenvalue weighted by molar-refractivity contribution is 7.80. The number of thiocarbonyl (C=S) groups is 1. The predicted octanol–water partition coefficient (Wildman–Crippen LogP) is 7.24. The van der Waals surface area contributed by atoms with Gasteiger partial charge in [-0.3, -0.25) is 4.98 Å². The Morgan fingerprint density at radius 3 is 2.43 bits per heavy atom. The fourth-order valence-corrected chi connectivity index (χ4v) is 5.64. The van der Waals surface area contributed by atoms with E-state index in [-0.39, 0.29) is 12.1 Å². The summed E-state index contributed by atoms with van der Waals surface area (Å²) in [6.45, 7) is 10.7. The van der Waals surface area contributed by atoms with Crippen molar-refractivity contribution in [2.24, 2.45) is 0 Å². The minimum absolute atomic E-state index is 0.0565. The van der Waals surface area contributed by atoms with Gasteiger partial charge < -0.3 is 14.8 Å². The van der Waals surface area contributed by atoms with Crippen molar-refractivity contribution in [3.05, 3.63) is 111 Å². The zero-order valence-electron chi connectivity index (χ0n) is 20.6. The summed E-state index contributed by atoms with van der Waals surface area (Å²) in [6, 6.07) is 20.8. The zero-order valence-corrected chi connectivity index (χ0v) is 22.2. The van der Waals surface area contributed by atoms with Crippen molar-refractivity contribution in [3.8, 4) is 5.69 Å². The van der Waals surface area contributed by atoms with E-state index < -0.39 is 0 Å². The Kier molecular flexibility index (Phi) is 6.16. The maximum absolute atomic E-state index is 6.50. The van der Waals surface area contributed by atoms with E-state index in [1.165, 1.54) is 22.4 Å². The second-order valence-corrected chi connectivity index (χ2v) is 10.1. The summed E-state index contributed by atoms with van der Waals surface area (Å²) in [6.07, 6.45) is 1.84. The lowest BCUT2D eigenvalue weighted by atomic mass is 9.96. The molecule has 4 aromatic rings. The summed E-state index contributed by atoms with van der Waals surface area (Å²) in [4.78, 5) is 6.95. The first-order valence-electron chi connectivity index (χ1n) is 11.8. The highest BCUT2D eigenvalue weighted by atomic mass is 35.5. The number of pyridine rings is 1. The molecule has 0 spiro atoms. The number of hydrogen-bond donors (Lipinski definition) is 1. The van der Waals surface area contributed by atoms with Crippen LogP contribution in [0.5, 0.6) is 0 Å². The van der Waals surface area contributed by atoms with Crippen LogP contribution >= 0.6 is 23.8 Å². The lowest BCUT2D eigenvalue weighted by Gasteiger charge is -2.28. The van der Waals surface area contributed by atoms with Gasteiger partial charge in [0.25, 0.3) is 0 Å². The Bertz CT molecular complexity index is 1430. The normalized spacial score (nSPS) is 17.7. The molecule has 1 fully saturated rings. The van der Waals surface area contributed by atoms with E-state index in [4.69, 9.17) is 28.8 Å². The third-order valence-electron chi connectivity index (χ3n) is 7.14. The molecule has 1 saturated heterocycles. The number of halogens is 1. The first kappa shape index (κ1) is 23.6. The van der Waals surface area contributed by atoms with Crippen LogP contribution in [0.4, 0.5) is 5.69 Å². The Hall–Kier alpha value is -3.15. The smallest absolute Gasteiger partial charge is 0.174 e. The molecule has 1 N–H and O–H groups in total. The van der Waals surface area contributed by atoms with Crippen molar-refractivity contribution in [2.45, 2.75) is 46.7 Å². The fraction of sp³-hybridized carbons (Fsp3) is 0.241. The van der Waals surface area contributed by atoms with Crippen molar-refractivity contribution in [3.63, 3.8) is 0 Å². The molecule has 4 nitrogen and oxygen atoms in total. The van der Waals surface area contributed by atoms with Gasteiger partial charge >= 0.3 is 0 Å². The Balaban J connectivity index is 1.71. The van der Waals surface area contributed by atoms with Gasteiger partial charge in [0.1, 0.15) is 0 Å². The quantitative estimate of drug-likeness (QED) is 0.299. The lowest BCUT2D eigenvalue weighted by molar-refractivity contribution is 0.565. The molecule has 2 aromatic heterocycles. The Labute approximate surface area is 217 Å². The van der Waals surface area contributed by atoms with Gasteiger partial charge in [-0.2, -0.15) is 0 Å². The maximum Gasteiger partial charge on any atom is 0.174 e. The second kappa shape index (κ2) is 9.14. The van der Waals surface area contributed by atoms with E-state index in [0.717, 1.165) is 33.3 Å². The number of rotatable bonds is 4. The van der Waals surface area contributed by atoms with Crippen LogP contribution in [0.25, 0.3) is 5.69 Å². The first-order chi connectivity index (χ1) is 16.8. The Morgan fingerprint density at radius 1 is 0.914 bits per heavy atom. The average molecular weight is 501 g/mol. The number of nitrogens with one attached hydrogen (secondary N) is 1. The minimum Gasteiger partial charge on any atom is -0.351 e. The van der Waals surface area contributed by atoms with E-state index >= 15 is 0 Å². The largest absolute Gasteiger partial charge is 0.351 e. The molecule has 3 heterocycles. The molecular formula is C29H29ClN4S. The van der Waals surface area contributed by atoms with Crippen molar-refractivity contribution in [2.75, 3.05) is 4.90 Å². The number of hydrogen-bond acceptors (Lipinski definition) is 2. The molecule has 1 aliphatic heterocycles. The monoisotopic (exact) mass is 500 g/mol. The van der Waals surface area contributed by atoms with Gasteiger partial charge in [0.2, 0.25) is 0 Å². The number of aromatic nitrogens is 2. The zero-order chi connectivity index (χ0) is 24.9. The van der Waals surface area contributed by atoms with Crippen LogP contribution in [0, 0.1) is 34.6 Å². The molecular weight excluding hydrogens is 472 g/mol. The molecule has 35 heavy (non-hydrogen) atoms. The van der Waals surface area contributed by atoms with E-state index in [1.54, 1.807) is 0 Å². The standard InChI is InChI=1S/C29H29ClN4S/c1-17-12-13-22(15-18(17)2)34-28(27(32-29(34)35)25-10-6-7-14-31-25)23-16-19(3)33(21(23)5)26-11-8-9-24(30)20(26)4/h6-16,27-28H,1-5H3,(H,32,35)/t27-,28+/m0/s1. The third-order valence-corrected chi connectivity index (χ3v) is 7.86. The molecule has 178 valence electrons. The molecule has 0 bridgehead atoms. The molecule has 5 rings (SSSR count). The first-order valence-corrected chi connectivity index (χ1v) is 12.6. The van der Waals surface area contributed by atoms with Crippen LogP contribution < -0.4 is 10.2 Å². The highest BCUT2D eigenvalue weighted by Crippen LogP contribution is 2.44. The van der Waals surface area contributed by atoms with Crippen LogP contribution in [0.15, 0.2) is 66.9 Å². The third kappa shape index (κ3) is 4.03. The molecule has 1 aliphatic rings. The van der Waals surface area contributed by atoms with Gasteiger partial charge in [0.05, 0.1) is 17.8 Å². The summed E-state index contributed by atoms with van der Waals surface area (Å²) in [5.41, 5.74) is 10.2. The summed E-state index contributed by atoms with van der Waals surface area (Å²) in [5.74, 6) is 0. The minimum atomic E-state index is -0.0836. The van der Waals surface area contributed by atoms with Crippen molar-refractivity contribution < 1.29 is 0 Å². The summed E-state index contributed by atoms with van der Waals surface area (Å²) < 4.78 is 2.30. The van der Waals surface area contributed by atoms with Crippen LogP contribution in [0.2, 0.25) is 5.02 Å². The second-order valence-electron chi connectivity index (χ2n) is 9.31. The fourth-order valence-electron chi connectivity index (χ4n) is 5.12. The molecule has 0 unspecified atom stereocenters. The van der Waals surface area contributed by atoms with Crippen LogP contribution in [-0.4, -0.2) is 14.7 Å². The Morgan fingerprint density at radius 2 is 1.71 bits per heavy atom. The van der Waals surface area contributed by atoms with Crippen LogP contribution in [0.1, 0.15) is 51.4 Å². The molecule has 0 radical (unpaired) electrons. The molecule has 0 amide bonds. The van der Waals surface area contributed by atoms with Crippen LogP contribution in [0.3, 0.4) is 0 Å².